The number of hydrogen-bond donors (Lipinski definition) is 0. The minimum atomic E-state index is -0.354. The molecule has 3 heterocycles. The van der Waals surface area contributed by atoms with Gasteiger partial charge in [0.25, 0.3) is 0 Å². The monoisotopic (exact) mass is 808 g/mol. The van der Waals surface area contributed by atoms with E-state index in [9.17, 15) is 0 Å². The summed E-state index contributed by atoms with van der Waals surface area (Å²) in [6, 6.07) is 60.1. The van der Waals surface area contributed by atoms with Gasteiger partial charge in [-0.05, 0) is 83.3 Å². The summed E-state index contributed by atoms with van der Waals surface area (Å²) in [6.07, 6.45) is 18.6. The molecular formula is C58H40N4O. The molecule has 5 nitrogen and oxygen atoms in total. The highest BCUT2D eigenvalue weighted by Crippen LogP contribution is 2.67. The van der Waals surface area contributed by atoms with Crippen molar-refractivity contribution < 1.29 is 4.74 Å². The summed E-state index contributed by atoms with van der Waals surface area (Å²) in [5.74, 6) is 4.90. The van der Waals surface area contributed by atoms with Crippen LogP contribution >= 0.6 is 0 Å². The van der Waals surface area contributed by atoms with Crippen LogP contribution in [0.3, 0.4) is 0 Å². The Kier molecular flexibility index (Phi) is 8.01. The third-order valence-electron chi connectivity index (χ3n) is 13.9. The summed E-state index contributed by atoms with van der Waals surface area (Å²) in [7, 11) is 0. The van der Waals surface area contributed by atoms with Crippen LogP contribution in [0.1, 0.15) is 11.1 Å². The van der Waals surface area contributed by atoms with Crippen molar-refractivity contribution in [1.82, 2.24) is 19.5 Å². The number of hydrogen-bond acceptors (Lipinski definition) is 4. The van der Waals surface area contributed by atoms with Crippen molar-refractivity contribution in [3.8, 4) is 62.5 Å². The van der Waals surface area contributed by atoms with E-state index in [1.807, 2.05) is 18.2 Å². The van der Waals surface area contributed by atoms with Crippen molar-refractivity contribution in [3.05, 3.63) is 230 Å². The highest BCUT2D eigenvalue weighted by molar-refractivity contribution is 6.09. The molecule has 63 heavy (non-hydrogen) atoms. The number of allylic oxidation sites excluding steroid dienone is 8. The van der Waals surface area contributed by atoms with Crippen LogP contribution in [0.25, 0.3) is 72.8 Å². The lowest BCUT2D eigenvalue weighted by Crippen LogP contribution is -2.41. The molecule has 1 spiro atoms. The van der Waals surface area contributed by atoms with E-state index in [1.165, 1.54) is 32.9 Å². The van der Waals surface area contributed by atoms with E-state index in [4.69, 9.17) is 19.7 Å². The summed E-state index contributed by atoms with van der Waals surface area (Å²) < 4.78 is 9.12. The Bertz CT molecular complexity index is 3310. The maximum Gasteiger partial charge on any atom is 0.164 e. The normalized spacial score (nSPS) is 21.3. The molecule has 0 radical (unpaired) electrons. The Morgan fingerprint density at radius 1 is 0.397 bits per heavy atom. The maximum absolute atomic E-state index is 6.77. The van der Waals surface area contributed by atoms with Crippen molar-refractivity contribution in [2.75, 3.05) is 0 Å². The van der Waals surface area contributed by atoms with Gasteiger partial charge < -0.3 is 9.30 Å². The van der Waals surface area contributed by atoms with Gasteiger partial charge in [0.15, 0.2) is 17.5 Å². The molecule has 298 valence electrons. The van der Waals surface area contributed by atoms with Gasteiger partial charge in [0, 0.05) is 49.7 Å². The molecule has 0 saturated heterocycles. The predicted molar refractivity (Wildman–Crippen MR) is 254 cm³/mol. The number of fused-ring (bicyclic) bond motifs is 12. The lowest BCUT2D eigenvalue weighted by atomic mass is 9.59. The second kappa shape index (κ2) is 14.1. The number of rotatable bonds is 5. The first-order valence-corrected chi connectivity index (χ1v) is 21.9. The topological polar surface area (TPSA) is 52.8 Å². The third-order valence-corrected chi connectivity index (χ3v) is 13.9. The first-order chi connectivity index (χ1) is 31.2. The molecule has 0 N–H and O–H groups in total. The molecule has 3 aliphatic carbocycles. The van der Waals surface area contributed by atoms with Gasteiger partial charge in [-0.3, -0.25) is 0 Å². The smallest absolute Gasteiger partial charge is 0.164 e. The van der Waals surface area contributed by atoms with Gasteiger partial charge in [-0.2, -0.15) is 0 Å². The number of nitrogens with zero attached hydrogens (tertiary/aromatic N) is 4. The van der Waals surface area contributed by atoms with Crippen molar-refractivity contribution in [1.29, 1.82) is 0 Å². The van der Waals surface area contributed by atoms with Gasteiger partial charge in [-0.15, -0.1) is 0 Å². The van der Waals surface area contributed by atoms with Gasteiger partial charge in [-0.25, -0.2) is 15.0 Å². The number of ether oxygens (including phenoxy) is 1. The molecule has 9 aromatic rings. The Morgan fingerprint density at radius 3 is 1.52 bits per heavy atom. The fraction of sp³-hybridized carbons (Fsp3) is 0.0862. The van der Waals surface area contributed by atoms with Crippen LogP contribution in [-0.4, -0.2) is 19.5 Å². The third kappa shape index (κ3) is 5.46. The molecule has 1 aliphatic heterocycles. The molecule has 4 unspecified atom stereocenters. The van der Waals surface area contributed by atoms with Crippen molar-refractivity contribution in [2.24, 2.45) is 23.7 Å². The molecule has 1 saturated carbocycles. The first-order valence-electron chi connectivity index (χ1n) is 21.9. The Labute approximate surface area is 365 Å². The molecule has 1 fully saturated rings. The van der Waals surface area contributed by atoms with Crippen LogP contribution in [0.15, 0.2) is 218 Å². The van der Waals surface area contributed by atoms with Gasteiger partial charge in [-0.1, -0.05) is 170 Å². The van der Waals surface area contributed by atoms with Crippen LogP contribution in [-0.2, 0) is 5.41 Å². The zero-order chi connectivity index (χ0) is 41.5. The van der Waals surface area contributed by atoms with E-state index < -0.39 is 0 Å². The standard InChI is InChI=1S/C58H40N4O/c1-2-14-39(15-3-1)55-59-56(40-28-26-37(27-29-40)38-30-33-42(34-31-38)62-51-23-11-6-18-45(51)46-19-7-12-24-52(46)62)61-57(60-55)41-32-35-54-50(36-41)58(49-22-10-13-25-53(49)63-54)47-20-8-4-16-43(47)44-17-5-9-21-48(44)58/h1-36,43-44,47-48H. The zero-order valence-electron chi connectivity index (χ0n) is 34.3. The molecule has 4 atom stereocenters. The highest BCUT2D eigenvalue weighted by Gasteiger charge is 2.62. The van der Waals surface area contributed by atoms with Crippen LogP contribution in [0, 0.1) is 23.7 Å². The van der Waals surface area contributed by atoms with Gasteiger partial charge in [0.05, 0.1) is 11.0 Å². The van der Waals surface area contributed by atoms with Gasteiger partial charge in [0.1, 0.15) is 11.5 Å². The number of para-hydroxylation sites is 3. The Hall–Kier alpha value is -7.89. The van der Waals surface area contributed by atoms with E-state index in [1.54, 1.807) is 0 Å². The molecule has 5 heteroatoms. The van der Waals surface area contributed by atoms with Crippen molar-refractivity contribution in [2.45, 2.75) is 5.41 Å². The minimum absolute atomic E-state index is 0.237. The van der Waals surface area contributed by atoms with E-state index in [2.05, 4.69) is 205 Å². The van der Waals surface area contributed by atoms with Crippen LogP contribution < -0.4 is 4.74 Å². The lowest BCUT2D eigenvalue weighted by Gasteiger charge is -2.45. The second-order valence-corrected chi connectivity index (χ2v) is 17.1. The van der Waals surface area contributed by atoms with E-state index in [0.717, 1.165) is 45.0 Å². The van der Waals surface area contributed by atoms with E-state index in [0.29, 0.717) is 29.3 Å². The quantitative estimate of drug-likeness (QED) is 0.174. The molecular weight excluding hydrogens is 769 g/mol. The van der Waals surface area contributed by atoms with Crippen LogP contribution in [0.4, 0.5) is 0 Å². The predicted octanol–water partition coefficient (Wildman–Crippen LogP) is 13.8. The molecule has 0 amide bonds. The van der Waals surface area contributed by atoms with Crippen LogP contribution in [0.2, 0.25) is 0 Å². The molecule has 2 aromatic heterocycles. The highest BCUT2D eigenvalue weighted by atomic mass is 16.5. The zero-order valence-corrected chi connectivity index (χ0v) is 34.3. The average molecular weight is 809 g/mol. The summed E-state index contributed by atoms with van der Waals surface area (Å²) in [4.78, 5) is 15.5. The first kappa shape index (κ1) is 35.8. The fourth-order valence-electron chi connectivity index (χ4n) is 11.2. The van der Waals surface area contributed by atoms with Crippen LogP contribution in [0.5, 0.6) is 11.5 Å². The minimum Gasteiger partial charge on any atom is -0.457 e. The van der Waals surface area contributed by atoms with E-state index >= 15 is 0 Å². The maximum atomic E-state index is 6.77. The molecule has 7 aromatic carbocycles. The average Bonchev–Trinajstić information content (AvgIpc) is 3.85. The van der Waals surface area contributed by atoms with E-state index in [-0.39, 0.29) is 17.3 Å². The molecule has 4 aliphatic rings. The van der Waals surface area contributed by atoms with Crippen molar-refractivity contribution in [3.63, 3.8) is 0 Å². The summed E-state index contributed by atoms with van der Waals surface area (Å²) in [5, 5.41) is 2.52. The Morgan fingerprint density at radius 2 is 0.873 bits per heavy atom. The van der Waals surface area contributed by atoms with Gasteiger partial charge in [0.2, 0.25) is 0 Å². The SMILES string of the molecule is C1=CC2C3C=CC=CC3C3(c4ccccc4Oc4ccc(-c5nc(-c6ccccc6)nc(-c6ccc(-c7ccc(-n8c9ccccc9c9ccccc98)cc7)cc6)n5)cc43)C2C=C1. The lowest BCUT2D eigenvalue weighted by molar-refractivity contribution is 0.310. The summed E-state index contributed by atoms with van der Waals surface area (Å²) in [6.45, 7) is 0. The molecule has 0 bridgehead atoms. The molecule has 13 rings (SSSR count). The number of aromatic nitrogens is 4. The van der Waals surface area contributed by atoms with Crippen molar-refractivity contribution >= 4 is 21.8 Å². The number of benzene rings is 7. The Balaban J connectivity index is 0.900. The summed E-state index contributed by atoms with van der Waals surface area (Å²) in [5.41, 5.74) is 10.7. The van der Waals surface area contributed by atoms with Gasteiger partial charge >= 0.3 is 0 Å². The fourth-order valence-corrected chi connectivity index (χ4v) is 11.2. The second-order valence-electron chi connectivity index (χ2n) is 17.1. The largest absolute Gasteiger partial charge is 0.457 e. The summed E-state index contributed by atoms with van der Waals surface area (Å²) >= 11 is 0.